The third kappa shape index (κ3) is 3.46. The molecule has 1 aliphatic carbocycles. The van der Waals surface area contributed by atoms with Crippen molar-refractivity contribution in [2.75, 3.05) is 18.0 Å². The number of nitrogens with zero attached hydrogens (tertiary/aromatic N) is 2. The monoisotopic (exact) mass is 341 g/mol. The molecule has 0 radical (unpaired) electrons. The summed E-state index contributed by atoms with van der Waals surface area (Å²) in [5.41, 5.74) is 0.156. The van der Waals surface area contributed by atoms with Gasteiger partial charge in [-0.15, -0.1) is 0 Å². The van der Waals surface area contributed by atoms with Gasteiger partial charge in [0.1, 0.15) is 5.69 Å². The molecular weight excluding hydrogens is 322 g/mol. The van der Waals surface area contributed by atoms with Gasteiger partial charge in [-0.25, -0.2) is 13.6 Å². The lowest BCUT2D eigenvalue weighted by Crippen LogP contribution is -2.47. The molecule has 0 bridgehead atoms. The number of morpholine rings is 1. The summed E-state index contributed by atoms with van der Waals surface area (Å²) in [6.45, 7) is 3.04. The molecule has 2 aliphatic rings. The molecule has 1 saturated heterocycles. The highest BCUT2D eigenvalue weighted by molar-refractivity contribution is 7.89. The Hall–Kier alpha value is -1.71. The van der Waals surface area contributed by atoms with Crippen LogP contribution in [0.25, 0.3) is 0 Å². The van der Waals surface area contributed by atoms with Crippen LogP contribution in [0.15, 0.2) is 23.1 Å². The Morgan fingerprint density at radius 1 is 1.35 bits per heavy atom. The third-order valence-electron chi connectivity index (χ3n) is 4.25. The van der Waals surface area contributed by atoms with E-state index in [1.807, 2.05) is 11.8 Å². The largest absolute Gasteiger partial charge is 0.371 e. The Bertz CT molecular complexity index is 732. The standard InChI is InChI=1S/C14H19N3O5S/c1-9-7-16(8-14(22-9)10-2-3-10)12-5-4-11(23(15,20)21)6-13(12)17(18)19/h4-6,9-10,14H,2-3,7-8H2,1H3,(H2,15,20,21). The minimum atomic E-state index is -3.98. The average Bonchev–Trinajstić information content (AvgIpc) is 3.29. The number of nitro groups is 1. The average molecular weight is 341 g/mol. The molecule has 1 aromatic rings. The van der Waals surface area contributed by atoms with Crippen LogP contribution in [0.4, 0.5) is 11.4 Å². The maximum atomic E-state index is 11.4. The number of nitro benzene ring substituents is 1. The molecule has 3 rings (SSSR count). The minimum absolute atomic E-state index is 0.0353. The molecule has 0 spiro atoms. The Kier molecular flexibility index (Phi) is 4.03. The maximum absolute atomic E-state index is 11.4. The van der Waals surface area contributed by atoms with Crippen LogP contribution < -0.4 is 10.0 Å². The number of benzene rings is 1. The second-order valence-corrected chi connectivity index (χ2v) is 7.74. The highest BCUT2D eigenvalue weighted by Crippen LogP contribution is 2.39. The number of nitrogens with two attached hydrogens (primary N) is 1. The van der Waals surface area contributed by atoms with E-state index in [0.29, 0.717) is 24.7 Å². The number of rotatable bonds is 4. The third-order valence-corrected chi connectivity index (χ3v) is 5.16. The summed E-state index contributed by atoms with van der Waals surface area (Å²) in [4.78, 5) is 12.4. The van der Waals surface area contributed by atoms with E-state index in [-0.39, 0.29) is 22.8 Å². The summed E-state index contributed by atoms with van der Waals surface area (Å²) < 4.78 is 28.7. The van der Waals surface area contributed by atoms with Gasteiger partial charge in [-0.3, -0.25) is 10.1 Å². The summed E-state index contributed by atoms with van der Waals surface area (Å²) in [6.07, 6.45) is 2.28. The molecule has 1 saturated carbocycles. The SMILES string of the molecule is CC1CN(c2ccc(S(N)(=O)=O)cc2[N+](=O)[O-])CC(C2CC2)O1. The van der Waals surface area contributed by atoms with Crippen molar-refractivity contribution < 1.29 is 18.1 Å². The molecule has 2 N–H and O–H groups in total. The second-order valence-electron chi connectivity index (χ2n) is 6.18. The minimum Gasteiger partial charge on any atom is -0.371 e. The molecule has 8 nitrogen and oxygen atoms in total. The van der Waals surface area contributed by atoms with Crippen molar-refractivity contribution in [3.05, 3.63) is 28.3 Å². The zero-order valence-corrected chi connectivity index (χ0v) is 13.5. The van der Waals surface area contributed by atoms with Gasteiger partial charge in [0.05, 0.1) is 22.0 Å². The first-order valence-electron chi connectivity index (χ1n) is 7.47. The van der Waals surface area contributed by atoms with Gasteiger partial charge in [-0.05, 0) is 37.8 Å². The predicted octanol–water partition coefficient (Wildman–Crippen LogP) is 1.25. The highest BCUT2D eigenvalue weighted by Gasteiger charge is 2.38. The zero-order valence-electron chi connectivity index (χ0n) is 12.7. The van der Waals surface area contributed by atoms with Crippen molar-refractivity contribution in [2.45, 2.75) is 36.9 Å². The van der Waals surface area contributed by atoms with Gasteiger partial charge in [0.15, 0.2) is 0 Å². The fourth-order valence-corrected chi connectivity index (χ4v) is 3.54. The molecule has 0 aromatic heterocycles. The first kappa shape index (κ1) is 16.2. The summed E-state index contributed by atoms with van der Waals surface area (Å²) in [5.74, 6) is 0.517. The van der Waals surface area contributed by atoms with E-state index in [0.717, 1.165) is 18.9 Å². The fourth-order valence-electron chi connectivity index (χ4n) is 3.01. The number of ether oxygens (including phenoxy) is 1. The van der Waals surface area contributed by atoms with Gasteiger partial charge in [0, 0.05) is 19.2 Å². The number of anilines is 1. The number of sulfonamides is 1. The first-order valence-corrected chi connectivity index (χ1v) is 9.02. The van der Waals surface area contributed by atoms with Crippen molar-refractivity contribution in [3.8, 4) is 0 Å². The van der Waals surface area contributed by atoms with Crippen molar-refractivity contribution >= 4 is 21.4 Å². The number of primary sulfonamides is 1. The molecule has 23 heavy (non-hydrogen) atoms. The molecule has 2 fully saturated rings. The zero-order chi connectivity index (χ0) is 16.8. The number of hydrogen-bond donors (Lipinski definition) is 1. The molecule has 2 atom stereocenters. The lowest BCUT2D eigenvalue weighted by Gasteiger charge is -2.38. The van der Waals surface area contributed by atoms with Gasteiger partial charge >= 0.3 is 0 Å². The lowest BCUT2D eigenvalue weighted by atomic mass is 10.1. The van der Waals surface area contributed by atoms with E-state index >= 15 is 0 Å². The van der Waals surface area contributed by atoms with Crippen LogP contribution in [0.3, 0.4) is 0 Å². The van der Waals surface area contributed by atoms with Gasteiger partial charge in [-0.1, -0.05) is 0 Å². The van der Waals surface area contributed by atoms with E-state index in [1.54, 1.807) is 0 Å². The first-order chi connectivity index (χ1) is 10.8. The Balaban J connectivity index is 1.96. The Labute approximate surface area is 134 Å². The van der Waals surface area contributed by atoms with Crippen LogP contribution in [0.1, 0.15) is 19.8 Å². The van der Waals surface area contributed by atoms with E-state index in [1.165, 1.54) is 12.1 Å². The van der Waals surface area contributed by atoms with E-state index in [4.69, 9.17) is 9.88 Å². The highest BCUT2D eigenvalue weighted by atomic mass is 32.2. The van der Waals surface area contributed by atoms with Crippen LogP contribution in [-0.2, 0) is 14.8 Å². The van der Waals surface area contributed by atoms with E-state index in [2.05, 4.69) is 0 Å². The maximum Gasteiger partial charge on any atom is 0.293 e. The van der Waals surface area contributed by atoms with Gasteiger partial charge < -0.3 is 9.64 Å². The second kappa shape index (κ2) is 5.73. The Morgan fingerprint density at radius 3 is 2.61 bits per heavy atom. The van der Waals surface area contributed by atoms with Gasteiger partial charge in [-0.2, -0.15) is 0 Å². The summed E-state index contributed by atoms with van der Waals surface area (Å²) >= 11 is 0. The summed E-state index contributed by atoms with van der Waals surface area (Å²) in [7, 11) is -3.98. The smallest absolute Gasteiger partial charge is 0.293 e. The molecule has 9 heteroatoms. The van der Waals surface area contributed by atoms with Crippen LogP contribution >= 0.6 is 0 Å². The van der Waals surface area contributed by atoms with Crippen LogP contribution in [0.5, 0.6) is 0 Å². The molecule has 1 heterocycles. The van der Waals surface area contributed by atoms with Crippen molar-refractivity contribution in [1.82, 2.24) is 0 Å². The van der Waals surface area contributed by atoms with E-state index in [9.17, 15) is 18.5 Å². The number of hydrogen-bond acceptors (Lipinski definition) is 6. The van der Waals surface area contributed by atoms with Crippen molar-refractivity contribution in [2.24, 2.45) is 11.1 Å². The molecule has 126 valence electrons. The predicted molar refractivity (Wildman–Crippen MR) is 83.7 cm³/mol. The van der Waals surface area contributed by atoms with Crippen LogP contribution in [0, 0.1) is 16.0 Å². The molecule has 2 unspecified atom stereocenters. The topological polar surface area (TPSA) is 116 Å². The molecular formula is C14H19N3O5S. The normalized spacial score (nSPS) is 25.4. The fraction of sp³-hybridized carbons (Fsp3) is 0.571. The van der Waals surface area contributed by atoms with E-state index < -0.39 is 14.9 Å². The molecule has 0 amide bonds. The van der Waals surface area contributed by atoms with Crippen LogP contribution in [-0.4, -0.2) is 38.6 Å². The molecule has 1 aromatic carbocycles. The Morgan fingerprint density at radius 2 is 2.04 bits per heavy atom. The van der Waals surface area contributed by atoms with Crippen molar-refractivity contribution in [3.63, 3.8) is 0 Å². The van der Waals surface area contributed by atoms with Crippen molar-refractivity contribution in [1.29, 1.82) is 0 Å². The van der Waals surface area contributed by atoms with Gasteiger partial charge in [0.25, 0.3) is 5.69 Å². The summed E-state index contributed by atoms with van der Waals surface area (Å²) in [6, 6.07) is 3.79. The quantitative estimate of drug-likeness (QED) is 0.651. The molecule has 1 aliphatic heterocycles. The summed E-state index contributed by atoms with van der Waals surface area (Å²) in [5, 5.41) is 16.4. The lowest BCUT2D eigenvalue weighted by molar-refractivity contribution is -0.384. The van der Waals surface area contributed by atoms with Gasteiger partial charge in [0.2, 0.25) is 10.0 Å². The van der Waals surface area contributed by atoms with Crippen LogP contribution in [0.2, 0.25) is 0 Å².